The number of hydrogen-bond acceptors (Lipinski definition) is 3. The molecule has 0 aliphatic carbocycles. The fourth-order valence-electron chi connectivity index (χ4n) is 1.09. The topological polar surface area (TPSA) is 32.3 Å². The molecular formula is C6H13NOS. The van der Waals surface area contributed by atoms with Crippen LogP contribution in [0.25, 0.3) is 0 Å². The summed E-state index contributed by atoms with van der Waals surface area (Å²) >= 11 is 1.76. The molecule has 2 nitrogen and oxygen atoms in total. The SMILES string of the molecule is CSC1CCNCC1O. The summed E-state index contributed by atoms with van der Waals surface area (Å²) in [6, 6.07) is 0. The summed E-state index contributed by atoms with van der Waals surface area (Å²) in [5.41, 5.74) is 0. The van der Waals surface area contributed by atoms with Crippen LogP contribution in [0, 0.1) is 0 Å². The first kappa shape index (κ1) is 7.38. The van der Waals surface area contributed by atoms with Gasteiger partial charge in [-0.05, 0) is 19.2 Å². The van der Waals surface area contributed by atoms with Gasteiger partial charge in [0.15, 0.2) is 0 Å². The first-order valence-electron chi connectivity index (χ1n) is 3.26. The molecule has 1 rings (SSSR count). The van der Waals surface area contributed by atoms with Gasteiger partial charge in [-0.2, -0.15) is 11.8 Å². The third kappa shape index (κ3) is 1.85. The molecule has 0 aromatic carbocycles. The number of aliphatic hydroxyl groups is 1. The maximum Gasteiger partial charge on any atom is 0.0783 e. The van der Waals surface area contributed by atoms with Crippen molar-refractivity contribution in [1.82, 2.24) is 5.32 Å². The molecule has 3 heteroatoms. The van der Waals surface area contributed by atoms with Gasteiger partial charge in [-0.1, -0.05) is 0 Å². The fraction of sp³-hybridized carbons (Fsp3) is 1.00. The molecule has 0 bridgehead atoms. The van der Waals surface area contributed by atoms with Gasteiger partial charge in [0.1, 0.15) is 0 Å². The zero-order valence-electron chi connectivity index (χ0n) is 5.63. The molecule has 0 amide bonds. The lowest BCUT2D eigenvalue weighted by Gasteiger charge is -2.26. The maximum atomic E-state index is 9.29. The van der Waals surface area contributed by atoms with Crippen LogP contribution >= 0.6 is 11.8 Å². The van der Waals surface area contributed by atoms with Crippen LogP contribution in [0.1, 0.15) is 6.42 Å². The van der Waals surface area contributed by atoms with Crippen molar-refractivity contribution >= 4 is 11.8 Å². The van der Waals surface area contributed by atoms with Crippen molar-refractivity contribution < 1.29 is 5.11 Å². The Morgan fingerprint density at radius 1 is 1.67 bits per heavy atom. The molecule has 0 spiro atoms. The van der Waals surface area contributed by atoms with Gasteiger partial charge >= 0.3 is 0 Å². The van der Waals surface area contributed by atoms with Crippen LogP contribution in [0.3, 0.4) is 0 Å². The number of piperidine rings is 1. The third-order valence-corrected chi connectivity index (χ3v) is 2.85. The summed E-state index contributed by atoms with van der Waals surface area (Å²) in [6.45, 7) is 1.83. The minimum atomic E-state index is -0.131. The van der Waals surface area contributed by atoms with E-state index in [1.54, 1.807) is 11.8 Å². The van der Waals surface area contributed by atoms with Crippen molar-refractivity contribution in [3.05, 3.63) is 0 Å². The number of aliphatic hydroxyl groups excluding tert-OH is 1. The van der Waals surface area contributed by atoms with Crippen molar-refractivity contribution in [2.75, 3.05) is 19.3 Å². The summed E-state index contributed by atoms with van der Waals surface area (Å²) in [5, 5.41) is 12.9. The molecule has 1 fully saturated rings. The first-order valence-corrected chi connectivity index (χ1v) is 4.55. The highest BCUT2D eigenvalue weighted by Crippen LogP contribution is 2.16. The largest absolute Gasteiger partial charge is 0.391 e. The number of β-amino-alcohol motifs (C(OH)–C–C–N with tert-alkyl or cyclic N) is 1. The Kier molecular flexibility index (Phi) is 2.82. The Hall–Kier alpha value is 0.270. The van der Waals surface area contributed by atoms with Crippen LogP contribution in [0.4, 0.5) is 0 Å². The van der Waals surface area contributed by atoms with Gasteiger partial charge in [0.2, 0.25) is 0 Å². The highest BCUT2D eigenvalue weighted by atomic mass is 32.2. The lowest BCUT2D eigenvalue weighted by molar-refractivity contribution is 0.149. The van der Waals surface area contributed by atoms with Crippen molar-refractivity contribution in [3.63, 3.8) is 0 Å². The van der Waals surface area contributed by atoms with Crippen LogP contribution in [-0.2, 0) is 0 Å². The van der Waals surface area contributed by atoms with Crippen LogP contribution in [0.5, 0.6) is 0 Å². The molecule has 2 unspecified atom stereocenters. The van der Waals surface area contributed by atoms with Gasteiger partial charge in [0.25, 0.3) is 0 Å². The summed E-state index contributed by atoms with van der Waals surface area (Å²) in [6.07, 6.45) is 3.02. The van der Waals surface area contributed by atoms with Crippen molar-refractivity contribution in [3.8, 4) is 0 Å². The molecule has 0 aromatic heterocycles. The molecule has 1 heterocycles. The van der Waals surface area contributed by atoms with E-state index in [0.29, 0.717) is 5.25 Å². The summed E-state index contributed by atoms with van der Waals surface area (Å²) in [4.78, 5) is 0. The van der Waals surface area contributed by atoms with Crippen molar-refractivity contribution in [2.24, 2.45) is 0 Å². The standard InChI is InChI=1S/C6H13NOS/c1-9-6-2-3-7-4-5(6)8/h5-8H,2-4H2,1H3. The van der Waals surface area contributed by atoms with Gasteiger partial charge in [0.05, 0.1) is 6.10 Å². The Morgan fingerprint density at radius 3 is 2.89 bits per heavy atom. The molecule has 0 aromatic rings. The number of rotatable bonds is 1. The molecule has 2 atom stereocenters. The molecule has 1 aliphatic rings. The highest BCUT2D eigenvalue weighted by molar-refractivity contribution is 7.99. The molecule has 2 N–H and O–H groups in total. The molecule has 54 valence electrons. The summed E-state index contributed by atoms with van der Waals surface area (Å²) in [5.74, 6) is 0. The van der Waals surface area contributed by atoms with Gasteiger partial charge in [-0.15, -0.1) is 0 Å². The van der Waals surface area contributed by atoms with E-state index < -0.39 is 0 Å². The normalized spacial score (nSPS) is 36.7. The molecular weight excluding hydrogens is 134 g/mol. The van der Waals surface area contributed by atoms with Crippen molar-refractivity contribution in [1.29, 1.82) is 0 Å². The van der Waals surface area contributed by atoms with E-state index in [0.717, 1.165) is 19.5 Å². The second-order valence-corrected chi connectivity index (χ2v) is 3.41. The molecule has 1 saturated heterocycles. The van der Waals surface area contributed by atoms with E-state index >= 15 is 0 Å². The lowest BCUT2D eigenvalue weighted by Crippen LogP contribution is -2.42. The first-order chi connectivity index (χ1) is 4.34. The lowest BCUT2D eigenvalue weighted by atomic mass is 10.1. The molecule has 0 saturated carbocycles. The second-order valence-electron chi connectivity index (χ2n) is 2.33. The van der Waals surface area contributed by atoms with Crippen LogP contribution in [0.15, 0.2) is 0 Å². The van der Waals surface area contributed by atoms with E-state index in [1.807, 2.05) is 0 Å². The summed E-state index contributed by atoms with van der Waals surface area (Å²) in [7, 11) is 0. The van der Waals surface area contributed by atoms with Gasteiger partial charge in [-0.3, -0.25) is 0 Å². The van der Waals surface area contributed by atoms with Gasteiger partial charge in [0, 0.05) is 11.8 Å². The number of hydrogen-bond donors (Lipinski definition) is 2. The quantitative estimate of drug-likeness (QED) is 0.550. The van der Waals surface area contributed by atoms with E-state index in [2.05, 4.69) is 11.6 Å². The Balaban J connectivity index is 2.30. The third-order valence-electron chi connectivity index (χ3n) is 1.69. The summed E-state index contributed by atoms with van der Waals surface area (Å²) < 4.78 is 0. The molecule has 9 heavy (non-hydrogen) atoms. The van der Waals surface area contributed by atoms with E-state index in [-0.39, 0.29) is 6.10 Å². The monoisotopic (exact) mass is 147 g/mol. The zero-order chi connectivity index (χ0) is 6.69. The van der Waals surface area contributed by atoms with Crippen LogP contribution in [0.2, 0.25) is 0 Å². The molecule has 1 aliphatic heterocycles. The minimum absolute atomic E-state index is 0.131. The second kappa shape index (κ2) is 3.44. The van der Waals surface area contributed by atoms with E-state index in [4.69, 9.17) is 0 Å². The van der Waals surface area contributed by atoms with E-state index in [1.165, 1.54) is 0 Å². The van der Waals surface area contributed by atoms with Gasteiger partial charge < -0.3 is 10.4 Å². The Morgan fingerprint density at radius 2 is 2.44 bits per heavy atom. The van der Waals surface area contributed by atoms with Gasteiger partial charge in [-0.25, -0.2) is 0 Å². The Labute approximate surface area is 60.0 Å². The Bertz CT molecular complexity index is 89.1. The highest BCUT2D eigenvalue weighted by Gasteiger charge is 2.20. The molecule has 0 radical (unpaired) electrons. The fourth-order valence-corrected chi connectivity index (χ4v) is 1.86. The van der Waals surface area contributed by atoms with Crippen molar-refractivity contribution in [2.45, 2.75) is 17.8 Å². The van der Waals surface area contributed by atoms with Crippen LogP contribution in [-0.4, -0.2) is 35.8 Å². The minimum Gasteiger partial charge on any atom is -0.391 e. The van der Waals surface area contributed by atoms with Crippen LogP contribution < -0.4 is 5.32 Å². The smallest absolute Gasteiger partial charge is 0.0783 e. The number of nitrogens with one attached hydrogen (secondary N) is 1. The predicted molar refractivity (Wildman–Crippen MR) is 40.8 cm³/mol. The average molecular weight is 147 g/mol. The average Bonchev–Trinajstić information content (AvgIpc) is 1.89. The zero-order valence-corrected chi connectivity index (χ0v) is 6.45. The number of thioether (sulfide) groups is 1. The van der Waals surface area contributed by atoms with E-state index in [9.17, 15) is 5.11 Å². The maximum absolute atomic E-state index is 9.29. The predicted octanol–water partition coefficient (Wildman–Crippen LogP) is 0.0722.